The van der Waals surface area contributed by atoms with Crippen LogP contribution >= 0.6 is 0 Å². The summed E-state index contributed by atoms with van der Waals surface area (Å²) in [4.78, 5) is 36.9. The number of aliphatic carboxylic acids is 1. The summed E-state index contributed by atoms with van der Waals surface area (Å²) < 4.78 is 17.2. The number of carboxylic acid groups (broad SMARTS) is 1. The molecule has 0 bridgehead atoms. The third kappa shape index (κ3) is 39.1. The van der Waals surface area contributed by atoms with Crippen LogP contribution in [0.3, 0.4) is 0 Å². The zero-order valence-corrected chi connectivity index (χ0v) is 38.0. The van der Waals surface area contributed by atoms with Gasteiger partial charge in [0.2, 0.25) is 0 Å². The molecule has 0 heterocycles. The number of allylic oxidation sites excluding steroid dienone is 4. The third-order valence-corrected chi connectivity index (χ3v) is 10.8. The molecule has 8 nitrogen and oxygen atoms in total. The van der Waals surface area contributed by atoms with Crippen LogP contribution in [0.5, 0.6) is 0 Å². The van der Waals surface area contributed by atoms with Crippen molar-refractivity contribution in [2.45, 2.75) is 231 Å². The summed E-state index contributed by atoms with van der Waals surface area (Å²) in [5.41, 5.74) is 0. The molecule has 0 aliphatic carbocycles. The van der Waals surface area contributed by atoms with Crippen molar-refractivity contribution in [3.8, 4) is 0 Å². The first-order valence-electron chi connectivity index (χ1n) is 23.9. The van der Waals surface area contributed by atoms with Gasteiger partial charge in [0, 0.05) is 19.3 Å². The number of carboxylic acids is 1. The van der Waals surface area contributed by atoms with E-state index in [4.69, 9.17) is 14.2 Å². The number of carbonyl (C=O) groups excluding carboxylic acids is 3. The second-order valence-corrected chi connectivity index (χ2v) is 17.3. The molecule has 0 rings (SSSR count). The minimum absolute atomic E-state index is 0.0387. The van der Waals surface area contributed by atoms with Gasteiger partial charge in [-0.05, 0) is 64.2 Å². The van der Waals surface area contributed by atoms with Gasteiger partial charge in [0.15, 0.2) is 6.10 Å². The summed E-state index contributed by atoms with van der Waals surface area (Å²) in [6, 6.07) is -0.725. The first kappa shape index (κ1) is 54.8. The van der Waals surface area contributed by atoms with Gasteiger partial charge < -0.3 is 28.6 Å². The van der Waals surface area contributed by atoms with Crippen molar-refractivity contribution in [2.75, 3.05) is 41.0 Å². The van der Waals surface area contributed by atoms with Crippen LogP contribution in [0.1, 0.15) is 219 Å². The molecule has 0 spiro atoms. The SMILES string of the molecule is CCCCC/C=C/CCCCCCCC(=O)OC(COCCC(C(=O)[O-])[N+](C)(C)C)COC(=O)CCCCCCCCC/C=C/CCCCCCCCCCCC. The van der Waals surface area contributed by atoms with E-state index in [-0.39, 0.29) is 42.7 Å². The van der Waals surface area contributed by atoms with Crippen LogP contribution < -0.4 is 5.11 Å². The molecular weight excluding hydrogens is 715 g/mol. The van der Waals surface area contributed by atoms with Crippen LogP contribution in [0.2, 0.25) is 0 Å². The normalized spacial score (nSPS) is 13.1. The number of hydrogen-bond acceptors (Lipinski definition) is 7. The Morgan fingerprint density at radius 2 is 0.877 bits per heavy atom. The number of esters is 2. The summed E-state index contributed by atoms with van der Waals surface area (Å²) >= 11 is 0. The molecule has 8 heteroatoms. The fourth-order valence-corrected chi connectivity index (χ4v) is 7.06. The number of unbranched alkanes of at least 4 members (excludes halogenated alkanes) is 25. The Kier molecular flexibility index (Phi) is 39.0. The van der Waals surface area contributed by atoms with Crippen LogP contribution in [0.25, 0.3) is 0 Å². The Labute approximate surface area is 351 Å². The Balaban J connectivity index is 4.22. The van der Waals surface area contributed by atoms with Crippen molar-refractivity contribution in [1.29, 1.82) is 0 Å². The van der Waals surface area contributed by atoms with E-state index >= 15 is 0 Å². The van der Waals surface area contributed by atoms with Gasteiger partial charge in [-0.15, -0.1) is 0 Å². The number of hydrogen-bond donors (Lipinski definition) is 0. The molecule has 0 radical (unpaired) electrons. The smallest absolute Gasteiger partial charge is 0.306 e. The molecule has 0 fully saturated rings. The van der Waals surface area contributed by atoms with Crippen LogP contribution in [-0.4, -0.2) is 75.5 Å². The number of quaternary nitrogens is 1. The first-order valence-corrected chi connectivity index (χ1v) is 23.9. The molecular formula is C49H91NO7. The standard InChI is InChI=1S/C49H91NO7/c1-6-8-10-12-14-16-18-20-21-22-23-24-25-26-27-28-30-31-33-35-37-39-47(51)56-44-45(43-55-42-41-46(49(53)54)50(3,4)5)57-48(52)40-38-36-34-32-29-19-17-15-13-11-9-7-2/h15,17,24-25,45-46H,6-14,16,18-23,26-44H2,1-5H3/b17-15+,25-24+. The van der Waals surface area contributed by atoms with Crippen molar-refractivity contribution in [3.63, 3.8) is 0 Å². The summed E-state index contributed by atoms with van der Waals surface area (Å²) in [6.07, 6.45) is 44.9. The summed E-state index contributed by atoms with van der Waals surface area (Å²) in [5.74, 6) is -1.74. The highest BCUT2D eigenvalue weighted by Gasteiger charge is 2.25. The van der Waals surface area contributed by atoms with Gasteiger partial charge in [0.1, 0.15) is 12.6 Å². The highest BCUT2D eigenvalue weighted by atomic mass is 16.6. The average Bonchev–Trinajstić information content (AvgIpc) is 3.17. The topological polar surface area (TPSA) is 102 Å². The zero-order chi connectivity index (χ0) is 42.1. The predicted molar refractivity (Wildman–Crippen MR) is 236 cm³/mol. The van der Waals surface area contributed by atoms with Crippen molar-refractivity contribution in [2.24, 2.45) is 0 Å². The molecule has 0 aromatic rings. The lowest BCUT2D eigenvalue weighted by molar-refractivity contribution is -0.889. The molecule has 57 heavy (non-hydrogen) atoms. The van der Waals surface area contributed by atoms with Gasteiger partial charge in [-0.1, -0.05) is 160 Å². The second-order valence-electron chi connectivity index (χ2n) is 17.3. The molecule has 2 atom stereocenters. The molecule has 0 N–H and O–H groups in total. The van der Waals surface area contributed by atoms with Gasteiger partial charge in [0.25, 0.3) is 0 Å². The van der Waals surface area contributed by atoms with E-state index in [1.54, 1.807) is 21.1 Å². The molecule has 334 valence electrons. The van der Waals surface area contributed by atoms with Gasteiger partial charge >= 0.3 is 11.9 Å². The molecule has 0 aliphatic heterocycles. The highest BCUT2D eigenvalue weighted by Crippen LogP contribution is 2.15. The highest BCUT2D eigenvalue weighted by molar-refractivity contribution is 5.70. The molecule has 0 saturated carbocycles. The molecule has 2 unspecified atom stereocenters. The molecule has 0 aromatic carbocycles. The van der Waals surface area contributed by atoms with Gasteiger partial charge in [-0.3, -0.25) is 9.59 Å². The predicted octanol–water partition coefficient (Wildman–Crippen LogP) is 11.9. The van der Waals surface area contributed by atoms with Crippen molar-refractivity contribution in [3.05, 3.63) is 24.3 Å². The molecule has 0 saturated heterocycles. The van der Waals surface area contributed by atoms with Crippen LogP contribution in [0.15, 0.2) is 24.3 Å². The Hall–Kier alpha value is -2.19. The quantitative estimate of drug-likeness (QED) is 0.0262. The van der Waals surface area contributed by atoms with Crippen LogP contribution in [-0.2, 0) is 28.6 Å². The lowest BCUT2D eigenvalue weighted by Gasteiger charge is -2.34. The van der Waals surface area contributed by atoms with Gasteiger partial charge in [-0.25, -0.2) is 0 Å². The number of likely N-dealkylation sites (N-methyl/N-ethyl adjacent to an activating group) is 1. The van der Waals surface area contributed by atoms with Crippen LogP contribution in [0, 0.1) is 0 Å². The second kappa shape index (κ2) is 40.6. The van der Waals surface area contributed by atoms with E-state index in [0.717, 1.165) is 51.4 Å². The van der Waals surface area contributed by atoms with Crippen LogP contribution in [0.4, 0.5) is 0 Å². The minimum atomic E-state index is -1.13. The molecule has 0 amide bonds. The van der Waals surface area contributed by atoms with E-state index in [2.05, 4.69) is 38.2 Å². The van der Waals surface area contributed by atoms with E-state index in [1.165, 1.54) is 135 Å². The largest absolute Gasteiger partial charge is 0.544 e. The van der Waals surface area contributed by atoms with Crippen molar-refractivity contribution >= 4 is 17.9 Å². The van der Waals surface area contributed by atoms with E-state index in [1.807, 2.05) is 0 Å². The van der Waals surface area contributed by atoms with Gasteiger partial charge in [0.05, 0.1) is 40.3 Å². The Morgan fingerprint density at radius 3 is 1.30 bits per heavy atom. The lowest BCUT2D eigenvalue weighted by atomic mass is 10.1. The number of carbonyl (C=O) groups is 3. The fourth-order valence-electron chi connectivity index (χ4n) is 7.06. The Bertz CT molecular complexity index is 989. The maximum absolute atomic E-state index is 12.7. The zero-order valence-electron chi connectivity index (χ0n) is 38.0. The van der Waals surface area contributed by atoms with Crippen molar-refractivity contribution in [1.82, 2.24) is 0 Å². The molecule has 0 aliphatic rings. The number of nitrogens with zero attached hydrogens (tertiary/aromatic N) is 1. The lowest BCUT2D eigenvalue weighted by Crippen LogP contribution is -2.55. The monoisotopic (exact) mass is 806 g/mol. The number of ether oxygens (including phenoxy) is 3. The van der Waals surface area contributed by atoms with E-state index in [0.29, 0.717) is 12.8 Å². The average molecular weight is 806 g/mol. The first-order chi connectivity index (χ1) is 27.6. The summed E-state index contributed by atoms with van der Waals surface area (Å²) in [7, 11) is 5.41. The van der Waals surface area contributed by atoms with E-state index < -0.39 is 18.1 Å². The molecule has 0 aromatic heterocycles. The Morgan fingerprint density at radius 1 is 0.509 bits per heavy atom. The summed E-state index contributed by atoms with van der Waals surface area (Å²) in [5, 5.41) is 11.6. The maximum Gasteiger partial charge on any atom is 0.306 e. The van der Waals surface area contributed by atoms with E-state index in [9.17, 15) is 19.5 Å². The van der Waals surface area contributed by atoms with Crippen molar-refractivity contribution < 1.29 is 38.2 Å². The maximum atomic E-state index is 12.7. The van der Waals surface area contributed by atoms with Gasteiger partial charge in [-0.2, -0.15) is 0 Å². The fraction of sp³-hybridized carbons (Fsp3) is 0.857. The summed E-state index contributed by atoms with van der Waals surface area (Å²) in [6.45, 7) is 4.64. The third-order valence-electron chi connectivity index (χ3n) is 10.8. The minimum Gasteiger partial charge on any atom is -0.544 e. The number of rotatable bonds is 43.